The van der Waals surface area contributed by atoms with Crippen LogP contribution < -0.4 is 15.4 Å². The fraction of sp³-hybridized carbons (Fsp3) is 0.667. The molecule has 6 nitrogen and oxygen atoms in total. The highest BCUT2D eigenvalue weighted by molar-refractivity contribution is 5.67. The van der Waals surface area contributed by atoms with Gasteiger partial charge in [0.05, 0.1) is 6.61 Å². The smallest absolute Gasteiger partial charge is 0.242 e. The minimum Gasteiger partial charge on any atom is -0.476 e. The largest absolute Gasteiger partial charge is 0.476 e. The number of hydrogen-bond acceptors (Lipinski definition) is 6. The summed E-state index contributed by atoms with van der Waals surface area (Å²) in [5.74, 6) is 1.19. The van der Waals surface area contributed by atoms with Gasteiger partial charge in [-0.3, -0.25) is 0 Å². The van der Waals surface area contributed by atoms with E-state index in [4.69, 9.17) is 10.5 Å². The maximum absolute atomic E-state index is 6.03. The van der Waals surface area contributed by atoms with Crippen LogP contribution in [0.4, 0.5) is 11.5 Å². The molecule has 1 heterocycles. The Morgan fingerprint density at radius 1 is 1.22 bits per heavy atom. The summed E-state index contributed by atoms with van der Waals surface area (Å²) in [7, 11) is 6.03. The third kappa shape index (κ3) is 4.03. The van der Waals surface area contributed by atoms with Crippen LogP contribution in [0.5, 0.6) is 5.88 Å². The molecule has 0 aliphatic heterocycles. The molecular formula is C12H23N5O. The molecule has 6 heteroatoms. The van der Waals surface area contributed by atoms with Gasteiger partial charge in [0, 0.05) is 20.1 Å². The first-order valence-corrected chi connectivity index (χ1v) is 6.15. The highest BCUT2D eigenvalue weighted by atomic mass is 16.5. The Bertz CT molecular complexity index is 369. The second kappa shape index (κ2) is 7.00. The van der Waals surface area contributed by atoms with E-state index in [0.717, 1.165) is 25.3 Å². The molecule has 0 aliphatic rings. The second-order valence-electron chi connectivity index (χ2n) is 4.49. The number of rotatable bonds is 7. The number of nitrogens with zero attached hydrogens (tertiary/aromatic N) is 4. The molecule has 1 aromatic rings. The van der Waals surface area contributed by atoms with E-state index in [1.54, 1.807) is 0 Å². The summed E-state index contributed by atoms with van der Waals surface area (Å²) in [6, 6.07) is 0. The average Bonchev–Trinajstić information content (AvgIpc) is 2.34. The minimum atomic E-state index is 0.471. The van der Waals surface area contributed by atoms with Gasteiger partial charge >= 0.3 is 0 Å². The topological polar surface area (TPSA) is 67.5 Å². The molecule has 0 bridgehead atoms. The predicted octanol–water partition coefficient (Wildman–Crippen LogP) is 0.845. The lowest BCUT2D eigenvalue weighted by molar-refractivity contribution is 0.306. The van der Waals surface area contributed by atoms with Gasteiger partial charge in [-0.25, -0.2) is 4.98 Å². The zero-order valence-electron chi connectivity index (χ0n) is 11.7. The Kier molecular flexibility index (Phi) is 5.64. The third-order valence-electron chi connectivity index (χ3n) is 2.51. The van der Waals surface area contributed by atoms with Crippen LogP contribution in [0.1, 0.15) is 13.3 Å². The molecule has 0 amide bonds. The van der Waals surface area contributed by atoms with E-state index in [2.05, 4.69) is 14.9 Å². The van der Waals surface area contributed by atoms with Gasteiger partial charge in [-0.2, -0.15) is 4.98 Å². The number of ether oxygens (including phenoxy) is 1. The van der Waals surface area contributed by atoms with Gasteiger partial charge in [-0.1, -0.05) is 6.92 Å². The Labute approximate surface area is 109 Å². The Morgan fingerprint density at radius 2 is 1.94 bits per heavy atom. The van der Waals surface area contributed by atoms with E-state index in [1.807, 2.05) is 33.0 Å². The highest BCUT2D eigenvalue weighted by Gasteiger charge is 2.12. The maximum atomic E-state index is 6.03. The lowest BCUT2D eigenvalue weighted by Gasteiger charge is -2.22. The number of hydrogen-bond donors (Lipinski definition) is 1. The van der Waals surface area contributed by atoms with E-state index in [-0.39, 0.29) is 0 Å². The van der Waals surface area contributed by atoms with Gasteiger partial charge < -0.3 is 20.3 Å². The summed E-state index contributed by atoms with van der Waals surface area (Å²) >= 11 is 0. The van der Waals surface area contributed by atoms with Crippen LogP contribution in [-0.4, -0.2) is 55.7 Å². The number of nitrogen functional groups attached to an aromatic ring is 1. The summed E-state index contributed by atoms with van der Waals surface area (Å²) in [5, 5.41) is 0. The zero-order chi connectivity index (χ0) is 13.5. The first-order chi connectivity index (χ1) is 8.56. The fourth-order valence-corrected chi connectivity index (χ4v) is 1.44. The molecular weight excluding hydrogens is 230 g/mol. The van der Waals surface area contributed by atoms with Crippen molar-refractivity contribution >= 4 is 11.5 Å². The van der Waals surface area contributed by atoms with Crippen molar-refractivity contribution in [3.8, 4) is 5.88 Å². The molecule has 0 aromatic carbocycles. The quantitative estimate of drug-likeness (QED) is 0.777. The van der Waals surface area contributed by atoms with Gasteiger partial charge in [0.25, 0.3) is 0 Å². The van der Waals surface area contributed by atoms with Gasteiger partial charge in [0.15, 0.2) is 5.82 Å². The summed E-state index contributed by atoms with van der Waals surface area (Å²) in [5.41, 5.74) is 6.53. The van der Waals surface area contributed by atoms with Gasteiger partial charge in [0.1, 0.15) is 12.0 Å². The van der Waals surface area contributed by atoms with Gasteiger partial charge in [-0.15, -0.1) is 0 Å². The average molecular weight is 253 g/mol. The van der Waals surface area contributed by atoms with Crippen LogP contribution in [0.2, 0.25) is 0 Å². The molecule has 102 valence electrons. The first kappa shape index (κ1) is 14.5. The Morgan fingerprint density at radius 3 is 2.56 bits per heavy atom. The minimum absolute atomic E-state index is 0.471. The molecule has 0 saturated carbocycles. The van der Waals surface area contributed by atoms with E-state index < -0.39 is 0 Å². The standard InChI is InChI=1S/C12H23N5O/c1-5-8-18-12-10(13)11(14-9-15-12)17(4)7-6-16(2)3/h9H,5-8,13H2,1-4H3. The number of anilines is 2. The fourth-order valence-electron chi connectivity index (χ4n) is 1.44. The van der Waals surface area contributed by atoms with Crippen LogP contribution in [-0.2, 0) is 0 Å². The molecule has 0 radical (unpaired) electrons. The number of aromatic nitrogens is 2. The lowest BCUT2D eigenvalue weighted by atomic mass is 10.4. The van der Waals surface area contributed by atoms with Gasteiger partial charge in [-0.05, 0) is 20.5 Å². The van der Waals surface area contributed by atoms with E-state index >= 15 is 0 Å². The van der Waals surface area contributed by atoms with Crippen molar-refractivity contribution < 1.29 is 4.74 Å². The normalized spacial score (nSPS) is 10.7. The lowest BCUT2D eigenvalue weighted by Crippen LogP contribution is -2.29. The Hall–Kier alpha value is -1.56. The molecule has 18 heavy (non-hydrogen) atoms. The van der Waals surface area contributed by atoms with E-state index in [0.29, 0.717) is 18.2 Å². The predicted molar refractivity (Wildman–Crippen MR) is 74.1 cm³/mol. The molecule has 0 spiro atoms. The molecule has 0 fully saturated rings. The molecule has 2 N–H and O–H groups in total. The van der Waals surface area contributed by atoms with Crippen molar-refractivity contribution in [3.05, 3.63) is 6.33 Å². The highest BCUT2D eigenvalue weighted by Crippen LogP contribution is 2.26. The van der Waals surface area contributed by atoms with Crippen molar-refractivity contribution in [2.75, 3.05) is 51.5 Å². The summed E-state index contributed by atoms with van der Waals surface area (Å²) in [6.07, 6.45) is 2.41. The van der Waals surface area contributed by atoms with Gasteiger partial charge in [0.2, 0.25) is 5.88 Å². The van der Waals surface area contributed by atoms with Crippen LogP contribution in [0.25, 0.3) is 0 Å². The molecule has 0 saturated heterocycles. The molecule has 0 atom stereocenters. The molecule has 1 aromatic heterocycles. The van der Waals surface area contributed by atoms with Crippen molar-refractivity contribution in [3.63, 3.8) is 0 Å². The second-order valence-corrected chi connectivity index (χ2v) is 4.49. The summed E-state index contributed by atoms with van der Waals surface area (Å²) in [4.78, 5) is 12.4. The number of likely N-dealkylation sites (N-methyl/N-ethyl adjacent to an activating group) is 2. The van der Waals surface area contributed by atoms with Crippen molar-refractivity contribution in [2.45, 2.75) is 13.3 Å². The number of nitrogens with two attached hydrogens (primary N) is 1. The van der Waals surface area contributed by atoms with Crippen LogP contribution >= 0.6 is 0 Å². The van der Waals surface area contributed by atoms with E-state index in [1.165, 1.54) is 6.33 Å². The van der Waals surface area contributed by atoms with Crippen LogP contribution in [0, 0.1) is 0 Å². The van der Waals surface area contributed by atoms with Crippen molar-refractivity contribution in [2.24, 2.45) is 0 Å². The molecule has 0 aliphatic carbocycles. The first-order valence-electron chi connectivity index (χ1n) is 6.15. The zero-order valence-corrected chi connectivity index (χ0v) is 11.7. The third-order valence-corrected chi connectivity index (χ3v) is 2.51. The SMILES string of the molecule is CCCOc1ncnc(N(C)CCN(C)C)c1N. The molecule has 0 unspecified atom stereocenters. The Balaban J connectivity index is 2.75. The summed E-state index contributed by atoms with van der Waals surface area (Å²) in [6.45, 7) is 4.44. The maximum Gasteiger partial charge on any atom is 0.242 e. The monoisotopic (exact) mass is 253 g/mol. The summed E-state index contributed by atoms with van der Waals surface area (Å²) < 4.78 is 5.49. The van der Waals surface area contributed by atoms with Crippen molar-refractivity contribution in [1.29, 1.82) is 0 Å². The van der Waals surface area contributed by atoms with Crippen LogP contribution in [0.3, 0.4) is 0 Å². The van der Waals surface area contributed by atoms with Crippen molar-refractivity contribution in [1.82, 2.24) is 14.9 Å². The molecule has 1 rings (SSSR count). The van der Waals surface area contributed by atoms with Crippen LogP contribution in [0.15, 0.2) is 6.33 Å². The van der Waals surface area contributed by atoms with E-state index in [9.17, 15) is 0 Å².